The van der Waals surface area contributed by atoms with Crippen LogP contribution in [-0.2, 0) is 4.74 Å². The number of hydrogen-bond donors (Lipinski definition) is 1. The lowest BCUT2D eigenvalue weighted by Gasteiger charge is -2.25. The normalized spacial score (nSPS) is 17.4. The molecule has 1 aliphatic carbocycles. The molecule has 0 spiro atoms. The minimum absolute atomic E-state index is 0.0994. The van der Waals surface area contributed by atoms with E-state index in [4.69, 9.17) is 10.00 Å². The van der Waals surface area contributed by atoms with Crippen LogP contribution in [0.25, 0.3) is 0 Å². The SMILES string of the molecule is CC(C)CN(C#N)NC(=O)O[C@@H](C)CC1CCCCC1. The molecule has 0 saturated heterocycles. The topological polar surface area (TPSA) is 65.4 Å². The molecule has 1 aliphatic rings. The minimum Gasteiger partial charge on any atom is -0.445 e. The van der Waals surface area contributed by atoms with Gasteiger partial charge in [0, 0.05) is 0 Å². The average Bonchev–Trinajstić information content (AvgIpc) is 2.38. The average molecular weight is 281 g/mol. The zero-order valence-electron chi connectivity index (χ0n) is 12.9. The Hall–Kier alpha value is -1.44. The van der Waals surface area contributed by atoms with Gasteiger partial charge in [-0.25, -0.2) is 15.2 Å². The number of carbonyl (C=O) groups is 1. The van der Waals surface area contributed by atoms with Crippen LogP contribution in [0, 0.1) is 23.3 Å². The van der Waals surface area contributed by atoms with E-state index in [1.54, 1.807) is 0 Å². The summed E-state index contributed by atoms with van der Waals surface area (Å²) in [5.41, 5.74) is 2.48. The maximum atomic E-state index is 11.7. The Bertz CT molecular complexity index is 333. The van der Waals surface area contributed by atoms with Crippen LogP contribution in [0.1, 0.15) is 59.3 Å². The number of nitriles is 1. The van der Waals surface area contributed by atoms with E-state index in [0.29, 0.717) is 18.4 Å². The van der Waals surface area contributed by atoms with Gasteiger partial charge >= 0.3 is 6.09 Å². The Morgan fingerprint density at radius 1 is 1.35 bits per heavy atom. The standard InChI is InChI=1S/C15H27N3O2/c1-12(2)10-18(11-16)17-15(19)20-13(3)9-14-7-5-4-6-8-14/h12-14H,4-10H2,1-3H3,(H,17,19)/t13-/m0/s1. The van der Waals surface area contributed by atoms with E-state index in [2.05, 4.69) is 5.43 Å². The predicted octanol–water partition coefficient (Wildman–Crippen LogP) is 3.43. The van der Waals surface area contributed by atoms with Crippen LogP contribution in [0.4, 0.5) is 4.79 Å². The maximum Gasteiger partial charge on any atom is 0.427 e. The molecule has 0 aliphatic heterocycles. The second kappa shape index (κ2) is 8.68. The molecule has 0 unspecified atom stereocenters. The van der Waals surface area contributed by atoms with Gasteiger partial charge < -0.3 is 4.74 Å². The molecule has 1 rings (SSSR count). The molecule has 5 heteroatoms. The fourth-order valence-corrected chi connectivity index (χ4v) is 2.74. The second-order valence-electron chi connectivity index (χ2n) is 6.17. The van der Waals surface area contributed by atoms with Crippen LogP contribution in [0.2, 0.25) is 0 Å². The molecule has 20 heavy (non-hydrogen) atoms. The summed E-state index contributed by atoms with van der Waals surface area (Å²) >= 11 is 0. The Morgan fingerprint density at radius 3 is 2.55 bits per heavy atom. The third-order valence-corrected chi connectivity index (χ3v) is 3.59. The summed E-state index contributed by atoms with van der Waals surface area (Å²) in [4.78, 5) is 11.7. The van der Waals surface area contributed by atoms with Gasteiger partial charge in [0.25, 0.3) is 0 Å². The zero-order chi connectivity index (χ0) is 15.0. The van der Waals surface area contributed by atoms with E-state index < -0.39 is 6.09 Å². The highest BCUT2D eigenvalue weighted by atomic mass is 16.6. The summed E-state index contributed by atoms with van der Waals surface area (Å²) in [5, 5.41) is 10.1. The highest BCUT2D eigenvalue weighted by Gasteiger charge is 2.19. The number of hydrogen-bond acceptors (Lipinski definition) is 4. The van der Waals surface area contributed by atoms with E-state index in [-0.39, 0.29) is 6.10 Å². The van der Waals surface area contributed by atoms with E-state index in [1.807, 2.05) is 27.0 Å². The molecule has 5 nitrogen and oxygen atoms in total. The highest BCUT2D eigenvalue weighted by Crippen LogP contribution is 2.27. The zero-order valence-corrected chi connectivity index (χ0v) is 12.9. The first kappa shape index (κ1) is 16.6. The molecular weight excluding hydrogens is 254 g/mol. The number of nitrogens with zero attached hydrogens (tertiary/aromatic N) is 2. The van der Waals surface area contributed by atoms with Gasteiger partial charge in [0.05, 0.1) is 6.54 Å². The van der Waals surface area contributed by atoms with Gasteiger partial charge in [0.2, 0.25) is 0 Å². The van der Waals surface area contributed by atoms with E-state index >= 15 is 0 Å². The van der Waals surface area contributed by atoms with Crippen molar-refractivity contribution >= 4 is 6.09 Å². The van der Waals surface area contributed by atoms with E-state index in [0.717, 1.165) is 6.42 Å². The lowest BCUT2D eigenvalue weighted by Crippen LogP contribution is -2.42. The third kappa shape index (κ3) is 6.65. The smallest absolute Gasteiger partial charge is 0.427 e. The monoisotopic (exact) mass is 281 g/mol. The molecular formula is C15H27N3O2. The third-order valence-electron chi connectivity index (χ3n) is 3.59. The Kier molecular flexibility index (Phi) is 7.21. The van der Waals surface area contributed by atoms with Crippen LogP contribution in [0.15, 0.2) is 0 Å². The summed E-state index contributed by atoms with van der Waals surface area (Å²) in [6, 6.07) is 0. The van der Waals surface area contributed by atoms with Crippen LogP contribution < -0.4 is 5.43 Å². The number of amides is 1. The van der Waals surface area contributed by atoms with Crippen molar-refractivity contribution in [3.8, 4) is 6.19 Å². The Morgan fingerprint density at radius 2 is 2.00 bits per heavy atom. The van der Waals surface area contributed by atoms with Crippen LogP contribution in [0.3, 0.4) is 0 Å². The van der Waals surface area contributed by atoms with E-state index in [9.17, 15) is 4.79 Å². The molecule has 1 fully saturated rings. The van der Waals surface area contributed by atoms with Crippen LogP contribution in [0.5, 0.6) is 0 Å². The molecule has 0 bridgehead atoms. The van der Waals surface area contributed by atoms with Gasteiger partial charge in [0.1, 0.15) is 6.10 Å². The molecule has 1 atom stereocenters. The summed E-state index contributed by atoms with van der Waals surface area (Å²) in [6.07, 6.45) is 8.63. The molecule has 1 N–H and O–H groups in total. The van der Waals surface area contributed by atoms with Crippen molar-refractivity contribution in [2.75, 3.05) is 6.54 Å². The fraction of sp³-hybridized carbons (Fsp3) is 0.867. The summed E-state index contributed by atoms with van der Waals surface area (Å²) in [6.45, 7) is 6.39. The quantitative estimate of drug-likeness (QED) is 0.460. The first-order chi connectivity index (χ1) is 9.51. The molecule has 1 amide bonds. The largest absolute Gasteiger partial charge is 0.445 e. The van der Waals surface area contributed by atoms with Crippen molar-refractivity contribution in [3.05, 3.63) is 0 Å². The fourth-order valence-electron chi connectivity index (χ4n) is 2.74. The minimum atomic E-state index is -0.532. The van der Waals surface area contributed by atoms with Crippen molar-refractivity contribution in [1.82, 2.24) is 10.4 Å². The number of hydrazine groups is 1. The number of rotatable bonds is 6. The highest BCUT2D eigenvalue weighted by molar-refractivity contribution is 5.66. The summed E-state index contributed by atoms with van der Waals surface area (Å²) in [5.74, 6) is 0.976. The Labute approximate surface area is 122 Å². The van der Waals surface area contributed by atoms with Crippen LogP contribution >= 0.6 is 0 Å². The van der Waals surface area contributed by atoms with Crippen molar-refractivity contribution in [3.63, 3.8) is 0 Å². The number of ether oxygens (including phenoxy) is 1. The van der Waals surface area contributed by atoms with Crippen molar-refractivity contribution in [2.24, 2.45) is 11.8 Å². The molecule has 0 aromatic carbocycles. The van der Waals surface area contributed by atoms with Gasteiger partial charge in [-0.05, 0) is 25.2 Å². The molecule has 0 radical (unpaired) electrons. The van der Waals surface area contributed by atoms with Gasteiger partial charge in [-0.15, -0.1) is 0 Å². The first-order valence-corrected chi connectivity index (χ1v) is 7.65. The van der Waals surface area contributed by atoms with E-state index in [1.165, 1.54) is 37.1 Å². The lowest BCUT2D eigenvalue weighted by molar-refractivity contribution is 0.0713. The maximum absolute atomic E-state index is 11.7. The van der Waals surface area contributed by atoms with Crippen molar-refractivity contribution < 1.29 is 9.53 Å². The van der Waals surface area contributed by atoms with Gasteiger partial charge in [-0.2, -0.15) is 5.26 Å². The predicted molar refractivity (Wildman–Crippen MR) is 77.4 cm³/mol. The molecule has 114 valence electrons. The number of carbonyl (C=O) groups excluding carboxylic acids is 1. The van der Waals surface area contributed by atoms with Gasteiger partial charge in [-0.3, -0.25) is 0 Å². The Balaban J connectivity index is 2.27. The molecule has 0 heterocycles. The second-order valence-corrected chi connectivity index (χ2v) is 6.17. The molecule has 0 aromatic rings. The summed E-state index contributed by atoms with van der Waals surface area (Å²) in [7, 11) is 0. The van der Waals surface area contributed by atoms with Crippen LogP contribution in [-0.4, -0.2) is 23.8 Å². The summed E-state index contributed by atoms with van der Waals surface area (Å²) < 4.78 is 5.32. The van der Waals surface area contributed by atoms with Gasteiger partial charge in [0.15, 0.2) is 6.19 Å². The lowest BCUT2D eigenvalue weighted by atomic mass is 9.86. The molecule has 1 saturated carbocycles. The first-order valence-electron chi connectivity index (χ1n) is 7.65. The molecule has 0 aromatic heterocycles. The van der Waals surface area contributed by atoms with Crippen molar-refractivity contribution in [1.29, 1.82) is 5.26 Å². The van der Waals surface area contributed by atoms with Crippen molar-refractivity contribution in [2.45, 2.75) is 65.4 Å². The van der Waals surface area contributed by atoms with Gasteiger partial charge in [-0.1, -0.05) is 46.0 Å². The number of nitrogens with one attached hydrogen (secondary N) is 1.